The summed E-state index contributed by atoms with van der Waals surface area (Å²) in [6, 6.07) is 11.4. The van der Waals surface area contributed by atoms with Crippen LogP contribution in [0.1, 0.15) is 6.42 Å². The lowest BCUT2D eigenvalue weighted by Crippen LogP contribution is -2.22. The molecular weight excluding hydrogens is 310 g/mol. The highest BCUT2D eigenvalue weighted by Gasteiger charge is 2.09. The number of hydrogen-bond donors (Lipinski definition) is 3. The van der Waals surface area contributed by atoms with Crippen molar-refractivity contribution < 1.29 is 10.0 Å². The van der Waals surface area contributed by atoms with Crippen molar-refractivity contribution in [2.75, 3.05) is 5.32 Å². The highest BCUT2D eigenvalue weighted by Crippen LogP contribution is 2.29. The third kappa shape index (κ3) is 3.03. The average Bonchev–Trinajstić information content (AvgIpc) is 2.42. The minimum Gasteiger partial charge on any atom is -0.409 e. The van der Waals surface area contributed by atoms with Crippen LogP contribution in [-0.4, -0.2) is 17.0 Å². The Hall–Kier alpha value is -2.08. The van der Waals surface area contributed by atoms with Crippen molar-refractivity contribution in [3.63, 3.8) is 0 Å². The summed E-state index contributed by atoms with van der Waals surface area (Å²) in [5.74, 6) is -0.457. The van der Waals surface area contributed by atoms with E-state index in [1.54, 1.807) is 6.07 Å². The fraction of sp³-hybridized carbons (Fsp3) is 0.0769. The van der Waals surface area contributed by atoms with Crippen molar-refractivity contribution in [1.82, 2.24) is 0 Å². The Labute approximate surface area is 118 Å². The van der Waals surface area contributed by atoms with Crippen molar-refractivity contribution >= 4 is 44.1 Å². The molecule has 0 spiro atoms. The second-order valence-electron chi connectivity index (χ2n) is 3.96. The van der Waals surface area contributed by atoms with Gasteiger partial charge >= 0.3 is 0 Å². The van der Waals surface area contributed by atoms with Gasteiger partial charge in [-0.15, -0.1) is 0 Å². The summed E-state index contributed by atoms with van der Waals surface area (Å²) in [4.78, 5) is 11.7. The molecule has 0 aromatic heterocycles. The van der Waals surface area contributed by atoms with Gasteiger partial charge in [-0.25, -0.2) is 0 Å². The number of amidine groups is 1. The largest absolute Gasteiger partial charge is 0.409 e. The maximum atomic E-state index is 11.7. The molecule has 2 aromatic carbocycles. The Morgan fingerprint density at radius 3 is 2.63 bits per heavy atom. The fourth-order valence-electron chi connectivity index (χ4n) is 1.77. The van der Waals surface area contributed by atoms with E-state index in [1.807, 2.05) is 30.3 Å². The SMILES string of the molecule is N/C(CC(=O)Nc1ccc(Br)c2ccccc12)=N/O. The second kappa shape index (κ2) is 5.71. The van der Waals surface area contributed by atoms with Gasteiger partial charge in [-0.05, 0) is 17.5 Å². The van der Waals surface area contributed by atoms with Crippen molar-refractivity contribution in [3.8, 4) is 0 Å². The lowest BCUT2D eigenvalue weighted by Gasteiger charge is -2.09. The third-order valence-corrected chi connectivity index (χ3v) is 3.31. The molecule has 0 aliphatic rings. The molecule has 1 amide bonds. The number of nitrogens with one attached hydrogen (secondary N) is 1. The normalized spacial score (nSPS) is 11.5. The quantitative estimate of drug-likeness (QED) is 0.351. The summed E-state index contributed by atoms with van der Waals surface area (Å²) in [7, 11) is 0. The predicted octanol–water partition coefficient (Wildman–Crippen LogP) is 2.68. The van der Waals surface area contributed by atoms with Crippen LogP contribution in [0.15, 0.2) is 46.0 Å². The number of carbonyl (C=O) groups is 1. The van der Waals surface area contributed by atoms with Gasteiger partial charge < -0.3 is 16.3 Å². The first-order valence-corrected chi connectivity index (χ1v) is 6.34. The number of nitrogens with zero attached hydrogens (tertiary/aromatic N) is 1. The number of oxime groups is 1. The Balaban J connectivity index is 2.31. The van der Waals surface area contributed by atoms with Gasteiger partial charge in [0.1, 0.15) is 5.84 Å². The molecule has 2 rings (SSSR count). The van der Waals surface area contributed by atoms with E-state index in [-0.39, 0.29) is 18.2 Å². The molecule has 0 unspecified atom stereocenters. The van der Waals surface area contributed by atoms with E-state index in [4.69, 9.17) is 10.9 Å². The van der Waals surface area contributed by atoms with Crippen LogP contribution in [0.3, 0.4) is 0 Å². The summed E-state index contributed by atoms with van der Waals surface area (Å²) >= 11 is 3.46. The zero-order chi connectivity index (χ0) is 13.8. The molecule has 2 aromatic rings. The summed E-state index contributed by atoms with van der Waals surface area (Å²) in [6.45, 7) is 0. The molecule has 5 nitrogen and oxygen atoms in total. The monoisotopic (exact) mass is 321 g/mol. The lowest BCUT2D eigenvalue weighted by molar-refractivity contribution is -0.115. The Bertz CT molecular complexity index is 655. The molecule has 0 aliphatic carbocycles. The summed E-state index contributed by atoms with van der Waals surface area (Å²) in [5.41, 5.74) is 5.99. The second-order valence-corrected chi connectivity index (χ2v) is 4.81. The lowest BCUT2D eigenvalue weighted by atomic mass is 10.1. The topological polar surface area (TPSA) is 87.7 Å². The van der Waals surface area contributed by atoms with Crippen LogP contribution in [-0.2, 0) is 4.79 Å². The highest BCUT2D eigenvalue weighted by molar-refractivity contribution is 9.10. The van der Waals surface area contributed by atoms with Crippen molar-refractivity contribution in [2.24, 2.45) is 10.9 Å². The first-order valence-electron chi connectivity index (χ1n) is 5.55. The highest BCUT2D eigenvalue weighted by atomic mass is 79.9. The standard InChI is InChI=1S/C13H12BrN3O2/c14-10-5-6-11(9-4-2-1-3-8(9)10)16-13(18)7-12(15)17-19/h1-6,19H,7H2,(H2,15,17)(H,16,18). The zero-order valence-electron chi connectivity index (χ0n) is 9.93. The minimum absolute atomic E-state index is 0.126. The van der Waals surface area contributed by atoms with E-state index in [2.05, 4.69) is 26.4 Å². The van der Waals surface area contributed by atoms with Crippen LogP contribution in [0.2, 0.25) is 0 Å². The van der Waals surface area contributed by atoms with Crippen molar-refractivity contribution in [3.05, 3.63) is 40.9 Å². The van der Waals surface area contributed by atoms with Gasteiger partial charge in [0.05, 0.1) is 6.42 Å². The van der Waals surface area contributed by atoms with E-state index in [0.29, 0.717) is 5.69 Å². The first-order chi connectivity index (χ1) is 9.11. The molecule has 98 valence electrons. The number of benzene rings is 2. The number of amides is 1. The summed E-state index contributed by atoms with van der Waals surface area (Å²) in [5, 5.41) is 15.9. The predicted molar refractivity (Wildman–Crippen MR) is 78.3 cm³/mol. The van der Waals surface area contributed by atoms with Crippen LogP contribution in [0.4, 0.5) is 5.69 Å². The molecule has 0 saturated heterocycles. The Morgan fingerprint density at radius 2 is 1.95 bits per heavy atom. The Kier molecular flexibility index (Phi) is 4.01. The summed E-state index contributed by atoms with van der Waals surface area (Å²) in [6.07, 6.45) is -0.152. The number of rotatable bonds is 3. The van der Waals surface area contributed by atoms with E-state index in [1.165, 1.54) is 0 Å². The van der Waals surface area contributed by atoms with E-state index < -0.39 is 0 Å². The molecule has 0 saturated carbocycles. The maximum absolute atomic E-state index is 11.7. The maximum Gasteiger partial charge on any atom is 0.232 e. The number of anilines is 1. The molecule has 0 fully saturated rings. The van der Waals surface area contributed by atoms with Crippen molar-refractivity contribution in [1.29, 1.82) is 0 Å². The van der Waals surface area contributed by atoms with E-state index in [0.717, 1.165) is 15.2 Å². The summed E-state index contributed by atoms with van der Waals surface area (Å²) < 4.78 is 0.956. The number of fused-ring (bicyclic) bond motifs is 1. The molecule has 0 aliphatic heterocycles. The fourth-order valence-corrected chi connectivity index (χ4v) is 2.24. The molecule has 6 heteroatoms. The van der Waals surface area contributed by atoms with Gasteiger partial charge in [0.25, 0.3) is 0 Å². The van der Waals surface area contributed by atoms with Gasteiger partial charge in [0.15, 0.2) is 0 Å². The van der Waals surface area contributed by atoms with Crippen LogP contribution < -0.4 is 11.1 Å². The number of carbonyl (C=O) groups excluding carboxylic acids is 1. The van der Waals surface area contributed by atoms with Crippen LogP contribution in [0, 0.1) is 0 Å². The minimum atomic E-state index is -0.331. The van der Waals surface area contributed by atoms with Crippen LogP contribution in [0.25, 0.3) is 10.8 Å². The average molecular weight is 322 g/mol. The number of nitrogens with two attached hydrogens (primary N) is 1. The molecule has 0 atom stereocenters. The van der Waals surface area contributed by atoms with E-state index >= 15 is 0 Å². The van der Waals surface area contributed by atoms with Crippen LogP contribution in [0.5, 0.6) is 0 Å². The van der Waals surface area contributed by atoms with Crippen LogP contribution >= 0.6 is 15.9 Å². The first kappa shape index (κ1) is 13.4. The van der Waals surface area contributed by atoms with Gasteiger partial charge in [-0.1, -0.05) is 45.4 Å². The van der Waals surface area contributed by atoms with Gasteiger partial charge in [0.2, 0.25) is 5.91 Å². The smallest absolute Gasteiger partial charge is 0.232 e. The van der Waals surface area contributed by atoms with Crippen molar-refractivity contribution in [2.45, 2.75) is 6.42 Å². The van der Waals surface area contributed by atoms with Gasteiger partial charge in [-0.2, -0.15) is 0 Å². The molecule has 0 radical (unpaired) electrons. The zero-order valence-corrected chi connectivity index (χ0v) is 11.5. The Morgan fingerprint density at radius 1 is 1.26 bits per heavy atom. The molecule has 4 N–H and O–H groups in total. The molecule has 0 bridgehead atoms. The van der Waals surface area contributed by atoms with E-state index in [9.17, 15) is 4.79 Å². The molecular formula is C13H12BrN3O2. The van der Waals surface area contributed by atoms with Gasteiger partial charge in [0, 0.05) is 15.5 Å². The molecule has 19 heavy (non-hydrogen) atoms. The number of hydrogen-bond acceptors (Lipinski definition) is 3. The third-order valence-electron chi connectivity index (χ3n) is 2.62. The molecule has 0 heterocycles. The number of halogens is 1. The van der Waals surface area contributed by atoms with Gasteiger partial charge in [-0.3, -0.25) is 4.79 Å².